The van der Waals surface area contributed by atoms with Crippen LogP contribution in [0.2, 0.25) is 0 Å². The number of aliphatic hydroxyl groups is 8. The van der Waals surface area contributed by atoms with Gasteiger partial charge in [-0.25, -0.2) is 0 Å². The van der Waals surface area contributed by atoms with Crippen LogP contribution in [0.3, 0.4) is 0 Å². The maximum atomic E-state index is 9.99. The molecule has 0 aromatic heterocycles. The molecule has 0 amide bonds. The van der Waals surface area contributed by atoms with E-state index >= 15 is 0 Å². The fraction of sp³-hybridized carbons (Fsp3) is 1.00. The zero-order valence-corrected chi connectivity index (χ0v) is 82.5. The zero-order valence-electron chi connectivity index (χ0n) is 72.5. The van der Waals surface area contributed by atoms with Crippen LogP contribution >= 0.6 is 0 Å². The Morgan fingerprint density at radius 1 is 0.218 bits per heavy atom. The Balaban J connectivity index is -0.0000000626. The first-order chi connectivity index (χ1) is 43.6. The molecule has 0 aromatic carbocycles. The molecule has 0 saturated heterocycles. The van der Waals surface area contributed by atoms with Crippen molar-refractivity contribution >= 4 is 36.2 Å². The van der Waals surface area contributed by atoms with E-state index in [-0.39, 0.29) is 67.1 Å². The molecule has 12 N–H and O–H groups in total. The second kappa shape index (κ2) is 71.5. The standard InChI is InChI=1S/3C9H22O4Si.C7H18O4Si.8C4H10O.3Mo.4O/c3*1-7(2)11-14(10,12-8(3)4)13-9(5)6;1-6(2)10-12(8,9-5)11-7(3)4;8*1-4(2,3)5;;;;;;;/h3*7-10H,1-6H3;6-8H,1-5H3;8*5H,1-3H3;;;;;;;. The molecule has 630 valence electrons. The van der Waals surface area contributed by atoms with E-state index < -0.39 is 99.5 Å². The first-order valence-electron chi connectivity index (χ1n) is 33.5. The molecule has 0 aliphatic carbocycles. The molecule has 0 bridgehead atoms. The first-order valence-corrected chi connectivity index (χ1v) is 43.5. The molecule has 0 heterocycles. The topological polar surface area (TPSA) is 422 Å². The van der Waals surface area contributed by atoms with Crippen molar-refractivity contribution in [3.63, 3.8) is 0 Å². The normalized spacial score (nSPS) is 12.0. The Bertz CT molecular complexity index is 1380. The summed E-state index contributed by atoms with van der Waals surface area (Å²) in [6.07, 6.45) is -1.16. The van der Waals surface area contributed by atoms with E-state index in [9.17, 15) is 19.2 Å². The van der Waals surface area contributed by atoms with Crippen molar-refractivity contribution < 1.29 is 185 Å². The van der Waals surface area contributed by atoms with Crippen molar-refractivity contribution in [1.82, 2.24) is 0 Å². The second-order valence-electron chi connectivity index (χ2n) is 32.6. The van der Waals surface area contributed by atoms with Crippen LogP contribution < -0.4 is 0 Å². The summed E-state index contributed by atoms with van der Waals surface area (Å²) in [5.74, 6) is 0. The van der Waals surface area contributed by atoms with Crippen molar-refractivity contribution in [1.29, 1.82) is 0 Å². The Hall–Kier alpha value is 1.17. The molecular formula is C66H164Mo3O28Si4. The van der Waals surface area contributed by atoms with E-state index in [0.717, 1.165) is 0 Å². The zero-order chi connectivity index (χ0) is 86.5. The van der Waals surface area contributed by atoms with Gasteiger partial charge in [-0.05, 0) is 318 Å². The van der Waals surface area contributed by atoms with Crippen molar-refractivity contribution in [2.24, 2.45) is 0 Å². The summed E-state index contributed by atoms with van der Waals surface area (Å²) >= 11 is -0.630. The molecule has 0 aliphatic heterocycles. The summed E-state index contributed by atoms with van der Waals surface area (Å²) in [5.41, 5.74) is -4.00. The third kappa shape index (κ3) is 284. The molecule has 0 unspecified atom stereocenters. The number of hydrogen-bond donors (Lipinski definition) is 12. The van der Waals surface area contributed by atoms with Crippen molar-refractivity contribution in [2.75, 3.05) is 7.11 Å². The van der Waals surface area contributed by atoms with Gasteiger partial charge in [0.25, 0.3) is 0 Å². The minimum atomic E-state index is -3.44. The van der Waals surface area contributed by atoms with Crippen LogP contribution in [0, 0.1) is 0 Å². The van der Waals surface area contributed by atoms with Crippen LogP contribution in [0.4, 0.5) is 0 Å². The van der Waals surface area contributed by atoms with Gasteiger partial charge in [-0.2, -0.15) is 0 Å². The van der Waals surface area contributed by atoms with Gasteiger partial charge in [0.15, 0.2) is 0 Å². The molecule has 0 aromatic rings. The van der Waals surface area contributed by atoms with E-state index in [4.69, 9.17) is 108 Å². The van der Waals surface area contributed by atoms with Gasteiger partial charge in [0.2, 0.25) is 0 Å². The van der Waals surface area contributed by atoms with Crippen molar-refractivity contribution in [2.45, 2.75) is 430 Å². The maximum absolute atomic E-state index is 9.99. The van der Waals surface area contributed by atoms with Gasteiger partial charge in [-0.3, -0.25) is 0 Å². The van der Waals surface area contributed by atoms with Crippen molar-refractivity contribution in [3.8, 4) is 0 Å². The first kappa shape index (κ1) is 138. The van der Waals surface area contributed by atoms with Gasteiger partial charge in [0, 0.05) is 74.3 Å². The van der Waals surface area contributed by atoms with Crippen LogP contribution in [0.5, 0.6) is 0 Å². The van der Waals surface area contributed by atoms with E-state index in [1.165, 1.54) is 7.11 Å². The molecule has 0 rings (SSSR count). The Morgan fingerprint density at radius 2 is 0.267 bits per heavy atom. The molecule has 0 atom stereocenters. The van der Waals surface area contributed by atoms with Crippen molar-refractivity contribution in [3.05, 3.63) is 0 Å². The Morgan fingerprint density at radius 3 is 0.307 bits per heavy atom. The molecule has 0 aliphatic rings. The second-order valence-corrected chi connectivity index (χ2v) is 40.1. The van der Waals surface area contributed by atoms with Gasteiger partial charge >= 0.3 is 108 Å². The third-order valence-electron chi connectivity index (χ3n) is 4.49. The summed E-state index contributed by atoms with van der Waals surface area (Å²) in [6.45, 7) is 82.2. The third-order valence-corrected chi connectivity index (χ3v) is 13.5. The summed E-state index contributed by atoms with van der Waals surface area (Å²) in [6, 6.07) is 0. The van der Waals surface area contributed by atoms with Crippen LogP contribution in [0.15, 0.2) is 0 Å². The SMILES string of the molecule is CC(C)(C)O.CC(C)(C)O.CC(C)(C)O.CC(C)(C)O.CC(C)(C)O.CC(C)(C)O.CC(C)(C)O.CC(C)(C)O.CC(C)O[Si](O)(OC(C)C)OC(C)C.CC(C)O[Si](O)(OC(C)C)OC(C)C.CC(C)O[Si](O)(OC(C)C)OC(C)C.CO[Si](O)(OC(C)C)OC(C)C.[O]=[Mo].[O]=[Mo].[O]=[Mo]=[O]. The molecule has 0 fully saturated rings. The van der Waals surface area contributed by atoms with Crippen LogP contribution in [0.1, 0.15) is 318 Å². The fourth-order valence-corrected chi connectivity index (χ4v) is 11.0. The molecule has 0 saturated carbocycles. The van der Waals surface area contributed by atoms with Gasteiger partial charge in [0.1, 0.15) is 0 Å². The quantitative estimate of drug-likeness (QED) is 0.0423. The van der Waals surface area contributed by atoms with Gasteiger partial charge in [-0.15, -0.1) is 0 Å². The van der Waals surface area contributed by atoms with Gasteiger partial charge < -0.3 is 113 Å². The van der Waals surface area contributed by atoms with E-state index in [0.29, 0.717) is 39.6 Å². The molecule has 0 spiro atoms. The van der Waals surface area contributed by atoms with E-state index in [1.807, 2.05) is 152 Å². The van der Waals surface area contributed by atoms with E-state index in [1.54, 1.807) is 166 Å². The van der Waals surface area contributed by atoms with Gasteiger partial charge in [0.05, 0.1) is 44.8 Å². The molecule has 101 heavy (non-hydrogen) atoms. The van der Waals surface area contributed by atoms with Crippen LogP contribution in [-0.4, -0.2) is 215 Å². The molecule has 35 heteroatoms. The monoisotopic (exact) mass is 1810 g/mol. The van der Waals surface area contributed by atoms with Gasteiger partial charge in [-0.1, -0.05) is 0 Å². The predicted octanol–water partition coefficient (Wildman–Crippen LogP) is 11.7. The average molecular weight is 1810 g/mol. The molecular weight excluding hydrogens is 1640 g/mol. The average Bonchev–Trinajstić information content (AvgIpc) is 0.898. The van der Waals surface area contributed by atoms with E-state index in [2.05, 4.69) is 0 Å². The van der Waals surface area contributed by atoms with Crippen LogP contribution in [0.25, 0.3) is 0 Å². The Kier molecular flexibility index (Phi) is 97.4. The summed E-state index contributed by atoms with van der Waals surface area (Å²) in [5, 5.41) is 68.2. The fourth-order valence-electron chi connectivity index (χ4n) is 3.65. The molecule has 0 radical (unpaired) electrons. The predicted molar refractivity (Wildman–Crippen MR) is 396 cm³/mol. The number of rotatable bonds is 23. The summed E-state index contributed by atoms with van der Waals surface area (Å²) in [7, 11) is -12.3. The summed E-state index contributed by atoms with van der Waals surface area (Å²) in [4.78, 5) is 39.6. The minimum absolute atomic E-state index is 0.0969. The number of hydrogen-bond acceptors (Lipinski definition) is 28. The Labute approximate surface area is 654 Å². The summed E-state index contributed by atoms with van der Waals surface area (Å²) < 4.78 is 96.4. The molecule has 28 nitrogen and oxygen atoms in total. The van der Waals surface area contributed by atoms with Crippen LogP contribution in [-0.2, 0) is 125 Å².